The minimum Gasteiger partial charge on any atom is -0.475 e. The Hall–Kier alpha value is -2.06. The van der Waals surface area contributed by atoms with Gasteiger partial charge in [-0.05, 0) is 6.92 Å². The second-order valence-electron chi connectivity index (χ2n) is 3.77. The van der Waals surface area contributed by atoms with Crippen molar-refractivity contribution >= 4 is 38.9 Å². The third kappa shape index (κ3) is 1.85. The number of rotatable bonds is 2. The fourth-order valence-corrected chi connectivity index (χ4v) is 3.66. The van der Waals surface area contributed by atoms with Crippen molar-refractivity contribution in [2.45, 2.75) is 6.92 Å². The highest BCUT2D eigenvalue weighted by atomic mass is 32.1. The smallest absolute Gasteiger partial charge is 0.372 e. The second kappa shape index (κ2) is 4.25. The normalized spacial score (nSPS) is 11.0. The van der Waals surface area contributed by atoms with Gasteiger partial charge >= 0.3 is 5.97 Å². The fraction of sp³-hybridized carbons (Fsp3) is 0.0909. The number of hydrogen-bond donors (Lipinski definition) is 2. The van der Waals surface area contributed by atoms with Gasteiger partial charge in [-0.3, -0.25) is 4.79 Å². The van der Waals surface area contributed by atoms with E-state index in [4.69, 9.17) is 5.11 Å². The zero-order valence-electron chi connectivity index (χ0n) is 9.63. The summed E-state index contributed by atoms with van der Waals surface area (Å²) in [6.45, 7) is 1.86. The molecule has 0 amide bonds. The van der Waals surface area contributed by atoms with Crippen molar-refractivity contribution in [1.29, 1.82) is 0 Å². The number of carboxylic acids is 1. The van der Waals surface area contributed by atoms with E-state index in [1.807, 2.05) is 12.3 Å². The molecule has 0 saturated heterocycles. The highest BCUT2D eigenvalue weighted by Gasteiger charge is 2.19. The molecule has 0 unspecified atom stereocenters. The molecule has 0 radical (unpaired) electrons. The van der Waals surface area contributed by atoms with Crippen molar-refractivity contribution in [2.75, 3.05) is 0 Å². The Morgan fingerprint density at radius 1 is 1.47 bits per heavy atom. The predicted octanol–water partition coefficient (Wildman–Crippen LogP) is 2.11. The number of carbonyl (C=O) groups is 1. The maximum Gasteiger partial charge on any atom is 0.372 e. The number of H-pyrrole nitrogens is 1. The number of aromatic carboxylic acids is 1. The lowest BCUT2D eigenvalue weighted by Gasteiger charge is -1.96. The van der Waals surface area contributed by atoms with E-state index in [1.165, 1.54) is 22.7 Å². The summed E-state index contributed by atoms with van der Waals surface area (Å²) in [5.74, 6) is -1.59. The summed E-state index contributed by atoms with van der Waals surface area (Å²) in [7, 11) is 0. The second-order valence-corrected chi connectivity index (χ2v) is 5.87. The van der Waals surface area contributed by atoms with Crippen LogP contribution < -0.4 is 5.56 Å². The molecule has 0 aromatic carbocycles. The third-order valence-corrected chi connectivity index (χ3v) is 4.38. The zero-order chi connectivity index (χ0) is 13.6. The lowest BCUT2D eigenvalue weighted by molar-refractivity contribution is 0.0683. The van der Waals surface area contributed by atoms with Crippen LogP contribution in [-0.2, 0) is 0 Å². The van der Waals surface area contributed by atoms with E-state index in [0.29, 0.717) is 10.2 Å². The molecule has 0 saturated carbocycles. The number of fused-ring (bicyclic) bond motifs is 1. The van der Waals surface area contributed by atoms with Crippen LogP contribution in [0.4, 0.5) is 0 Å². The molecule has 0 fully saturated rings. The molecule has 0 aliphatic carbocycles. The number of carboxylic acid groups (broad SMARTS) is 1. The average Bonchev–Trinajstić information content (AvgIpc) is 2.94. The van der Waals surface area contributed by atoms with E-state index in [9.17, 15) is 9.59 Å². The molecule has 3 aromatic rings. The van der Waals surface area contributed by atoms with E-state index < -0.39 is 11.5 Å². The fourth-order valence-electron chi connectivity index (χ4n) is 1.82. The van der Waals surface area contributed by atoms with Gasteiger partial charge in [0.25, 0.3) is 5.56 Å². The molecule has 19 heavy (non-hydrogen) atoms. The van der Waals surface area contributed by atoms with Crippen LogP contribution in [0.15, 0.2) is 16.4 Å². The summed E-state index contributed by atoms with van der Waals surface area (Å²) >= 11 is 2.72. The SMILES string of the molecule is Cc1sc2nc(C(=O)O)[nH]c(=O)c2c1-c1nccs1. The number of aryl methyl sites for hydroxylation is 1. The van der Waals surface area contributed by atoms with E-state index in [1.54, 1.807) is 6.20 Å². The highest BCUT2D eigenvalue weighted by molar-refractivity contribution is 7.20. The third-order valence-electron chi connectivity index (χ3n) is 2.59. The first-order valence-electron chi connectivity index (χ1n) is 5.24. The van der Waals surface area contributed by atoms with Crippen molar-refractivity contribution in [1.82, 2.24) is 15.0 Å². The van der Waals surface area contributed by atoms with Crippen molar-refractivity contribution in [3.63, 3.8) is 0 Å². The number of thiazole rings is 1. The maximum absolute atomic E-state index is 12.1. The number of nitrogens with zero attached hydrogens (tertiary/aromatic N) is 2. The van der Waals surface area contributed by atoms with Crippen LogP contribution in [0.3, 0.4) is 0 Å². The number of aromatic amines is 1. The Morgan fingerprint density at radius 3 is 2.89 bits per heavy atom. The molecular formula is C11H7N3O3S2. The number of thiophene rings is 1. The Labute approximate surface area is 114 Å². The topological polar surface area (TPSA) is 95.9 Å². The molecule has 0 atom stereocenters. The van der Waals surface area contributed by atoms with Gasteiger partial charge in [-0.15, -0.1) is 22.7 Å². The lowest BCUT2D eigenvalue weighted by Crippen LogP contribution is -2.15. The Bertz CT molecular complexity index is 833. The van der Waals surface area contributed by atoms with Gasteiger partial charge in [-0.1, -0.05) is 0 Å². The molecule has 3 heterocycles. The zero-order valence-corrected chi connectivity index (χ0v) is 11.3. The van der Waals surface area contributed by atoms with E-state index in [2.05, 4.69) is 15.0 Å². The van der Waals surface area contributed by atoms with Crippen molar-refractivity contribution in [2.24, 2.45) is 0 Å². The minimum absolute atomic E-state index is 0.343. The maximum atomic E-state index is 12.1. The Balaban J connectivity index is 2.40. The van der Waals surface area contributed by atoms with E-state index in [-0.39, 0.29) is 5.82 Å². The summed E-state index contributed by atoms with van der Waals surface area (Å²) in [5, 5.41) is 11.9. The minimum atomic E-state index is -1.25. The van der Waals surface area contributed by atoms with Gasteiger partial charge in [-0.2, -0.15) is 0 Å². The van der Waals surface area contributed by atoms with Gasteiger partial charge in [0.1, 0.15) is 9.84 Å². The molecule has 2 N–H and O–H groups in total. The summed E-state index contributed by atoms with van der Waals surface area (Å²) in [4.78, 5) is 34.7. The summed E-state index contributed by atoms with van der Waals surface area (Å²) in [6.07, 6.45) is 1.66. The molecular weight excluding hydrogens is 286 g/mol. The van der Waals surface area contributed by atoms with Crippen molar-refractivity contribution < 1.29 is 9.90 Å². The van der Waals surface area contributed by atoms with Gasteiger partial charge in [0, 0.05) is 22.0 Å². The quantitative estimate of drug-likeness (QED) is 0.754. The van der Waals surface area contributed by atoms with Gasteiger partial charge in [0.2, 0.25) is 5.82 Å². The van der Waals surface area contributed by atoms with Gasteiger partial charge in [-0.25, -0.2) is 14.8 Å². The van der Waals surface area contributed by atoms with Crippen LogP contribution >= 0.6 is 22.7 Å². The molecule has 0 aliphatic heterocycles. The Kier molecular flexibility index (Phi) is 2.68. The molecule has 0 aliphatic rings. The number of aromatic nitrogens is 3. The van der Waals surface area contributed by atoms with Crippen LogP contribution in [-0.4, -0.2) is 26.0 Å². The average molecular weight is 293 g/mol. The van der Waals surface area contributed by atoms with Crippen molar-refractivity contribution in [3.8, 4) is 10.6 Å². The van der Waals surface area contributed by atoms with E-state index in [0.717, 1.165) is 15.4 Å². The lowest BCUT2D eigenvalue weighted by atomic mass is 10.2. The Morgan fingerprint density at radius 2 is 2.26 bits per heavy atom. The summed E-state index contributed by atoms with van der Waals surface area (Å²) < 4.78 is 0. The number of nitrogens with one attached hydrogen (secondary N) is 1. The first kappa shape index (κ1) is 12.0. The first-order chi connectivity index (χ1) is 9.08. The van der Waals surface area contributed by atoms with Crippen LogP contribution in [0.25, 0.3) is 20.8 Å². The van der Waals surface area contributed by atoms with Crippen LogP contribution in [0, 0.1) is 6.92 Å². The van der Waals surface area contributed by atoms with Gasteiger partial charge in [0.15, 0.2) is 0 Å². The van der Waals surface area contributed by atoms with Crippen LogP contribution in [0.5, 0.6) is 0 Å². The predicted molar refractivity (Wildman–Crippen MR) is 73.0 cm³/mol. The van der Waals surface area contributed by atoms with Crippen LogP contribution in [0.2, 0.25) is 0 Å². The van der Waals surface area contributed by atoms with E-state index >= 15 is 0 Å². The first-order valence-corrected chi connectivity index (χ1v) is 6.94. The molecule has 6 nitrogen and oxygen atoms in total. The molecule has 3 aromatic heterocycles. The molecule has 3 rings (SSSR count). The van der Waals surface area contributed by atoms with Crippen LogP contribution in [0.1, 0.15) is 15.5 Å². The molecule has 0 spiro atoms. The summed E-state index contributed by atoms with van der Waals surface area (Å²) in [5.41, 5.74) is 0.289. The molecule has 8 heteroatoms. The largest absolute Gasteiger partial charge is 0.475 e. The van der Waals surface area contributed by atoms with Crippen molar-refractivity contribution in [3.05, 3.63) is 32.6 Å². The standard InChI is InChI=1S/C11H7N3O3S2/c1-4-5(9-12-2-3-18-9)6-8(15)13-7(11(16)17)14-10(6)19-4/h2-3H,1H3,(H,16,17)(H,13,14,15). The van der Waals surface area contributed by atoms with Gasteiger partial charge in [0.05, 0.1) is 5.39 Å². The molecule has 96 valence electrons. The van der Waals surface area contributed by atoms with Gasteiger partial charge < -0.3 is 10.1 Å². The highest BCUT2D eigenvalue weighted by Crippen LogP contribution is 2.36. The molecule has 0 bridgehead atoms. The monoisotopic (exact) mass is 293 g/mol. The number of hydrogen-bond acceptors (Lipinski definition) is 6. The summed E-state index contributed by atoms with van der Waals surface area (Å²) in [6, 6.07) is 0.